The lowest BCUT2D eigenvalue weighted by atomic mass is 10.2. The standard InChI is InChI=1S/C13H16N2S/c1-9-6-8-16-12(9)11(3)15-13-10(2)5-4-7-14-13/h4-8,11H,1-3H3,(H,14,15). The molecule has 0 spiro atoms. The molecule has 2 nitrogen and oxygen atoms in total. The first-order valence-electron chi connectivity index (χ1n) is 5.40. The maximum absolute atomic E-state index is 4.35. The average Bonchev–Trinajstić information content (AvgIpc) is 2.68. The molecule has 3 heteroatoms. The molecule has 0 aromatic carbocycles. The van der Waals surface area contributed by atoms with Crippen LogP contribution in [0.3, 0.4) is 0 Å². The second-order valence-corrected chi connectivity index (χ2v) is 4.95. The van der Waals surface area contributed by atoms with Gasteiger partial charge in [-0.1, -0.05) is 6.07 Å². The molecule has 0 amide bonds. The van der Waals surface area contributed by atoms with E-state index < -0.39 is 0 Å². The van der Waals surface area contributed by atoms with E-state index in [1.807, 2.05) is 12.3 Å². The zero-order valence-electron chi connectivity index (χ0n) is 9.82. The molecule has 0 radical (unpaired) electrons. The van der Waals surface area contributed by atoms with Crippen LogP contribution in [0, 0.1) is 13.8 Å². The largest absolute Gasteiger partial charge is 0.363 e. The molecular formula is C13H16N2S. The highest BCUT2D eigenvalue weighted by Gasteiger charge is 2.10. The summed E-state index contributed by atoms with van der Waals surface area (Å²) in [5.74, 6) is 0.975. The number of pyridine rings is 1. The van der Waals surface area contributed by atoms with Crippen LogP contribution in [0.1, 0.15) is 29.0 Å². The van der Waals surface area contributed by atoms with Crippen molar-refractivity contribution in [2.45, 2.75) is 26.8 Å². The number of nitrogens with one attached hydrogen (secondary N) is 1. The van der Waals surface area contributed by atoms with Crippen LogP contribution < -0.4 is 5.32 Å². The Morgan fingerprint density at radius 2 is 2.06 bits per heavy atom. The van der Waals surface area contributed by atoms with Gasteiger partial charge in [0.25, 0.3) is 0 Å². The number of anilines is 1. The van der Waals surface area contributed by atoms with Crippen LogP contribution in [0.25, 0.3) is 0 Å². The zero-order valence-corrected chi connectivity index (χ0v) is 10.6. The van der Waals surface area contributed by atoms with Crippen LogP contribution in [-0.2, 0) is 0 Å². The number of hydrogen-bond acceptors (Lipinski definition) is 3. The second kappa shape index (κ2) is 4.66. The van der Waals surface area contributed by atoms with Crippen LogP contribution in [0.5, 0.6) is 0 Å². The number of aryl methyl sites for hydroxylation is 2. The minimum Gasteiger partial charge on any atom is -0.363 e. The summed E-state index contributed by atoms with van der Waals surface area (Å²) < 4.78 is 0. The van der Waals surface area contributed by atoms with Crippen molar-refractivity contribution in [1.82, 2.24) is 4.98 Å². The molecule has 16 heavy (non-hydrogen) atoms. The topological polar surface area (TPSA) is 24.9 Å². The average molecular weight is 232 g/mol. The van der Waals surface area contributed by atoms with Gasteiger partial charge in [-0.3, -0.25) is 0 Å². The van der Waals surface area contributed by atoms with Gasteiger partial charge in [-0.2, -0.15) is 0 Å². The quantitative estimate of drug-likeness (QED) is 0.867. The first-order chi connectivity index (χ1) is 7.68. The highest BCUT2D eigenvalue weighted by Crippen LogP contribution is 2.26. The van der Waals surface area contributed by atoms with E-state index in [2.05, 4.69) is 48.6 Å². The summed E-state index contributed by atoms with van der Waals surface area (Å²) in [6.45, 7) is 6.39. The Bertz CT molecular complexity index is 476. The van der Waals surface area contributed by atoms with Gasteiger partial charge in [-0.25, -0.2) is 4.98 Å². The number of aromatic nitrogens is 1. The van der Waals surface area contributed by atoms with E-state index in [1.165, 1.54) is 16.0 Å². The fraction of sp³-hybridized carbons (Fsp3) is 0.308. The van der Waals surface area contributed by atoms with Gasteiger partial charge in [0.15, 0.2) is 0 Å². The summed E-state index contributed by atoms with van der Waals surface area (Å²) in [6, 6.07) is 6.50. The number of hydrogen-bond donors (Lipinski definition) is 1. The predicted octanol–water partition coefficient (Wildman–Crippen LogP) is 3.93. The Morgan fingerprint density at radius 3 is 2.69 bits per heavy atom. The Balaban J connectivity index is 2.17. The third-order valence-electron chi connectivity index (χ3n) is 2.66. The summed E-state index contributed by atoms with van der Waals surface area (Å²) in [4.78, 5) is 5.73. The lowest BCUT2D eigenvalue weighted by Gasteiger charge is -2.15. The van der Waals surface area contributed by atoms with E-state index in [0.717, 1.165) is 5.82 Å². The lowest BCUT2D eigenvalue weighted by molar-refractivity contribution is 0.885. The molecule has 0 bridgehead atoms. The van der Waals surface area contributed by atoms with E-state index in [0.29, 0.717) is 6.04 Å². The molecule has 0 aliphatic carbocycles. The van der Waals surface area contributed by atoms with Crippen molar-refractivity contribution in [3.05, 3.63) is 45.8 Å². The first kappa shape index (κ1) is 11.1. The SMILES string of the molecule is Cc1cccnc1NC(C)c1sccc1C. The first-order valence-corrected chi connectivity index (χ1v) is 6.28. The molecular weight excluding hydrogens is 216 g/mol. The van der Waals surface area contributed by atoms with Gasteiger partial charge in [0.05, 0.1) is 6.04 Å². The zero-order chi connectivity index (χ0) is 11.5. The Morgan fingerprint density at radius 1 is 1.25 bits per heavy atom. The van der Waals surface area contributed by atoms with Crippen molar-refractivity contribution >= 4 is 17.2 Å². The summed E-state index contributed by atoms with van der Waals surface area (Å²) in [7, 11) is 0. The van der Waals surface area contributed by atoms with Crippen LogP contribution in [0.4, 0.5) is 5.82 Å². The molecule has 0 fully saturated rings. The molecule has 84 valence electrons. The third kappa shape index (κ3) is 2.25. The Kier molecular flexibility index (Phi) is 3.25. The van der Waals surface area contributed by atoms with Gasteiger partial charge in [0.2, 0.25) is 0 Å². The van der Waals surface area contributed by atoms with Gasteiger partial charge in [-0.15, -0.1) is 11.3 Å². The Labute approximate surface area is 100 Å². The molecule has 2 aromatic heterocycles. The van der Waals surface area contributed by atoms with Crippen molar-refractivity contribution in [2.75, 3.05) is 5.32 Å². The monoisotopic (exact) mass is 232 g/mol. The molecule has 0 aliphatic heterocycles. The molecule has 1 unspecified atom stereocenters. The van der Waals surface area contributed by atoms with Gasteiger partial charge in [0, 0.05) is 11.1 Å². The molecule has 0 aliphatic rings. The van der Waals surface area contributed by atoms with Crippen molar-refractivity contribution in [1.29, 1.82) is 0 Å². The highest BCUT2D eigenvalue weighted by atomic mass is 32.1. The number of nitrogens with zero attached hydrogens (tertiary/aromatic N) is 1. The van der Waals surface area contributed by atoms with Crippen molar-refractivity contribution in [2.24, 2.45) is 0 Å². The van der Waals surface area contributed by atoms with Crippen molar-refractivity contribution < 1.29 is 0 Å². The molecule has 2 heterocycles. The highest BCUT2D eigenvalue weighted by molar-refractivity contribution is 7.10. The molecule has 2 rings (SSSR count). The minimum absolute atomic E-state index is 0.314. The van der Waals surface area contributed by atoms with Crippen LogP contribution in [0.15, 0.2) is 29.8 Å². The second-order valence-electron chi connectivity index (χ2n) is 4.00. The van der Waals surface area contributed by atoms with E-state index in [1.54, 1.807) is 11.3 Å². The van der Waals surface area contributed by atoms with Crippen LogP contribution in [0.2, 0.25) is 0 Å². The summed E-state index contributed by atoms with van der Waals surface area (Å²) in [6.07, 6.45) is 1.82. The maximum Gasteiger partial charge on any atom is 0.129 e. The molecule has 2 aromatic rings. The maximum atomic E-state index is 4.35. The van der Waals surface area contributed by atoms with Gasteiger partial charge < -0.3 is 5.32 Å². The van der Waals surface area contributed by atoms with Crippen molar-refractivity contribution in [3.8, 4) is 0 Å². The van der Waals surface area contributed by atoms with E-state index in [9.17, 15) is 0 Å². The van der Waals surface area contributed by atoms with Gasteiger partial charge >= 0.3 is 0 Å². The van der Waals surface area contributed by atoms with Crippen LogP contribution >= 0.6 is 11.3 Å². The minimum atomic E-state index is 0.314. The molecule has 1 N–H and O–H groups in total. The summed E-state index contributed by atoms with van der Waals surface area (Å²) >= 11 is 1.79. The summed E-state index contributed by atoms with van der Waals surface area (Å²) in [5, 5.41) is 5.59. The fourth-order valence-electron chi connectivity index (χ4n) is 1.74. The lowest BCUT2D eigenvalue weighted by Crippen LogP contribution is -2.08. The van der Waals surface area contributed by atoms with Gasteiger partial charge in [-0.05, 0) is 49.4 Å². The number of thiophene rings is 1. The third-order valence-corrected chi connectivity index (χ3v) is 3.86. The number of rotatable bonds is 3. The van der Waals surface area contributed by atoms with Crippen LogP contribution in [-0.4, -0.2) is 4.98 Å². The van der Waals surface area contributed by atoms with E-state index in [4.69, 9.17) is 0 Å². The van der Waals surface area contributed by atoms with Gasteiger partial charge in [0.1, 0.15) is 5.82 Å². The fourth-order valence-corrected chi connectivity index (χ4v) is 2.67. The normalized spacial score (nSPS) is 12.4. The molecule has 1 atom stereocenters. The van der Waals surface area contributed by atoms with E-state index >= 15 is 0 Å². The smallest absolute Gasteiger partial charge is 0.129 e. The summed E-state index contributed by atoms with van der Waals surface area (Å²) in [5.41, 5.74) is 2.53. The van der Waals surface area contributed by atoms with Crippen molar-refractivity contribution in [3.63, 3.8) is 0 Å². The predicted molar refractivity (Wildman–Crippen MR) is 70.1 cm³/mol. The molecule has 0 saturated carbocycles. The van der Waals surface area contributed by atoms with E-state index in [-0.39, 0.29) is 0 Å². The Hall–Kier alpha value is -1.35. The molecule has 0 saturated heterocycles.